The molecule has 0 aliphatic rings. The van der Waals surface area contributed by atoms with Gasteiger partial charge >= 0.3 is 0 Å². The van der Waals surface area contributed by atoms with E-state index in [1.807, 2.05) is 21.1 Å². The minimum absolute atomic E-state index is 0.0157. The van der Waals surface area contributed by atoms with Gasteiger partial charge in [0.25, 0.3) is 7.82 Å². The third-order valence-electron chi connectivity index (χ3n) is 16.5. The Labute approximate surface area is 488 Å². The maximum absolute atomic E-state index is 13.1. The Morgan fingerprint density at radius 1 is 0.436 bits per heavy atom. The standard InChI is InChI=1S/C69H139N2O6P/c1-6-8-10-12-14-16-18-20-22-24-26-28-30-31-32-33-34-35-36-37-38-39-41-43-45-47-49-51-53-55-57-59-61-63-69(73)70-67(66-77-78(74,75)76-65-64-71(3,4)5)68(72)62-60-58-56-54-52-50-48-46-44-42-40-29-27-25-23-21-19-17-15-13-11-9-7-2/h31-32,67-68,72H,6-30,33-66H2,1-5H3,(H-,70,73,74,75)/b32-31-. The van der Waals surface area contributed by atoms with Crippen LogP contribution in [0, 0.1) is 0 Å². The van der Waals surface area contributed by atoms with Crippen LogP contribution in [0.5, 0.6) is 0 Å². The molecule has 3 unspecified atom stereocenters. The Hall–Kier alpha value is -0.760. The second-order valence-electron chi connectivity index (χ2n) is 25.6. The van der Waals surface area contributed by atoms with Crippen LogP contribution in [0.15, 0.2) is 12.2 Å². The van der Waals surface area contributed by atoms with Crippen LogP contribution in [0.25, 0.3) is 0 Å². The first-order valence-corrected chi connectivity index (χ1v) is 36.5. The molecule has 8 nitrogen and oxygen atoms in total. The van der Waals surface area contributed by atoms with E-state index in [1.54, 1.807) is 0 Å². The number of quaternary nitrogens is 1. The summed E-state index contributed by atoms with van der Waals surface area (Å²) in [7, 11) is 1.33. The molecule has 9 heteroatoms. The second kappa shape index (κ2) is 60.8. The first-order chi connectivity index (χ1) is 38.0. The number of aliphatic hydroxyl groups excluding tert-OH is 1. The number of nitrogens with zero attached hydrogens (tertiary/aromatic N) is 1. The summed E-state index contributed by atoms with van der Waals surface area (Å²) in [6, 6.07) is -0.798. The molecule has 0 radical (unpaired) electrons. The van der Waals surface area contributed by atoms with Gasteiger partial charge in [0.15, 0.2) is 0 Å². The topological polar surface area (TPSA) is 108 Å². The van der Waals surface area contributed by atoms with E-state index in [9.17, 15) is 19.4 Å². The van der Waals surface area contributed by atoms with E-state index in [2.05, 4.69) is 31.3 Å². The van der Waals surface area contributed by atoms with E-state index in [4.69, 9.17) is 9.05 Å². The summed E-state index contributed by atoms with van der Waals surface area (Å²) in [5.74, 6) is -0.155. The monoisotopic (exact) mass is 1120 g/mol. The fraction of sp³-hybridized carbons (Fsp3) is 0.957. The molecule has 466 valence electrons. The lowest BCUT2D eigenvalue weighted by Gasteiger charge is -2.30. The number of carbonyl (C=O) groups excluding carboxylic acids is 1. The smallest absolute Gasteiger partial charge is 0.268 e. The zero-order valence-electron chi connectivity index (χ0n) is 53.4. The Morgan fingerprint density at radius 2 is 0.705 bits per heavy atom. The van der Waals surface area contributed by atoms with Crippen molar-refractivity contribution in [2.24, 2.45) is 0 Å². The van der Waals surface area contributed by atoms with Crippen LogP contribution >= 0.6 is 7.82 Å². The van der Waals surface area contributed by atoms with Crippen molar-refractivity contribution < 1.29 is 32.9 Å². The first-order valence-electron chi connectivity index (χ1n) is 35.0. The molecule has 1 amide bonds. The minimum Gasteiger partial charge on any atom is -0.756 e. The summed E-state index contributed by atoms with van der Waals surface area (Å²) >= 11 is 0. The number of rotatable bonds is 66. The largest absolute Gasteiger partial charge is 0.756 e. The highest BCUT2D eigenvalue weighted by atomic mass is 31.2. The molecule has 0 aliphatic heterocycles. The zero-order valence-corrected chi connectivity index (χ0v) is 54.3. The number of phosphoric acid groups is 1. The molecule has 3 atom stereocenters. The van der Waals surface area contributed by atoms with Crippen molar-refractivity contribution >= 4 is 13.7 Å². The van der Waals surface area contributed by atoms with Crippen LogP contribution in [0.2, 0.25) is 0 Å². The highest BCUT2D eigenvalue weighted by Crippen LogP contribution is 2.38. The summed E-state index contributed by atoms with van der Waals surface area (Å²) in [6.45, 7) is 4.79. The zero-order chi connectivity index (χ0) is 57.0. The van der Waals surface area contributed by atoms with Gasteiger partial charge in [0, 0.05) is 6.42 Å². The Bertz CT molecular complexity index is 1280. The number of unbranched alkanes of at least 4 members (excludes halogenated alkanes) is 51. The normalized spacial score (nSPS) is 13.7. The van der Waals surface area contributed by atoms with Crippen LogP contribution in [-0.4, -0.2) is 68.5 Å². The van der Waals surface area contributed by atoms with Crippen molar-refractivity contribution in [1.82, 2.24) is 5.32 Å². The highest BCUT2D eigenvalue weighted by molar-refractivity contribution is 7.45. The number of carbonyl (C=O) groups is 1. The van der Waals surface area contributed by atoms with E-state index < -0.39 is 20.0 Å². The van der Waals surface area contributed by atoms with Crippen molar-refractivity contribution in [2.75, 3.05) is 40.9 Å². The van der Waals surface area contributed by atoms with Crippen LogP contribution < -0.4 is 10.2 Å². The van der Waals surface area contributed by atoms with Gasteiger partial charge in [0.1, 0.15) is 13.2 Å². The third-order valence-corrected chi connectivity index (χ3v) is 17.5. The number of likely N-dealkylation sites (N-methyl/N-ethyl adjacent to an activating group) is 1. The van der Waals surface area contributed by atoms with E-state index in [0.717, 1.165) is 38.5 Å². The quantitative estimate of drug-likeness (QED) is 0.0272. The van der Waals surface area contributed by atoms with Crippen molar-refractivity contribution in [2.45, 2.75) is 386 Å². The summed E-state index contributed by atoms with van der Waals surface area (Å²) in [5, 5.41) is 14.1. The Morgan fingerprint density at radius 3 is 1.00 bits per heavy atom. The molecular weight excluding hydrogens is 984 g/mol. The Kier molecular flexibility index (Phi) is 60.2. The number of hydrogen-bond donors (Lipinski definition) is 2. The molecule has 0 spiro atoms. The number of amides is 1. The van der Waals surface area contributed by atoms with Gasteiger partial charge in [-0.15, -0.1) is 0 Å². The Balaban J connectivity index is 3.97. The molecule has 78 heavy (non-hydrogen) atoms. The van der Waals surface area contributed by atoms with Gasteiger partial charge in [-0.05, 0) is 38.5 Å². The number of phosphoric ester groups is 1. The highest BCUT2D eigenvalue weighted by Gasteiger charge is 2.24. The average molecular weight is 1120 g/mol. The van der Waals surface area contributed by atoms with Gasteiger partial charge in [0.05, 0.1) is 39.9 Å². The number of aliphatic hydroxyl groups is 1. The number of nitrogens with one attached hydrogen (secondary N) is 1. The predicted octanol–water partition coefficient (Wildman–Crippen LogP) is 21.5. The SMILES string of the molecule is CCCCCCCCCCCCCC/C=C\CCCCCCCCCCCCCCCCCCCC(=O)NC(COP(=O)([O-])OCC[N+](C)(C)C)C(O)CCCCCCCCCCCCCCCCCCCCCCCCC. The summed E-state index contributed by atoms with van der Waals surface area (Å²) in [4.78, 5) is 25.7. The average Bonchev–Trinajstić information content (AvgIpc) is 3.41. The van der Waals surface area contributed by atoms with Gasteiger partial charge in [-0.2, -0.15) is 0 Å². The molecule has 0 rings (SSSR count). The molecule has 0 aliphatic carbocycles. The van der Waals surface area contributed by atoms with E-state index in [0.29, 0.717) is 23.9 Å². The molecular formula is C69H139N2O6P. The molecule has 0 fully saturated rings. The fourth-order valence-corrected chi connectivity index (χ4v) is 11.8. The van der Waals surface area contributed by atoms with Gasteiger partial charge < -0.3 is 28.8 Å². The number of allylic oxidation sites excluding steroid dienone is 2. The van der Waals surface area contributed by atoms with Gasteiger partial charge in [0.2, 0.25) is 5.91 Å². The summed E-state index contributed by atoms with van der Waals surface area (Å²) in [5.41, 5.74) is 0. The van der Waals surface area contributed by atoms with Crippen LogP contribution in [0.1, 0.15) is 373 Å². The van der Waals surface area contributed by atoms with Gasteiger partial charge in [-0.3, -0.25) is 9.36 Å². The van der Waals surface area contributed by atoms with Crippen LogP contribution in [0.4, 0.5) is 0 Å². The molecule has 0 saturated carbocycles. The maximum atomic E-state index is 13.1. The molecule has 0 bridgehead atoms. The van der Waals surface area contributed by atoms with Gasteiger partial charge in [-0.1, -0.05) is 341 Å². The molecule has 0 aromatic carbocycles. The van der Waals surface area contributed by atoms with E-state index in [-0.39, 0.29) is 19.1 Å². The third kappa shape index (κ3) is 62.8. The fourth-order valence-electron chi connectivity index (χ4n) is 11.0. The lowest BCUT2D eigenvalue weighted by atomic mass is 10.0. The van der Waals surface area contributed by atoms with E-state index >= 15 is 0 Å². The minimum atomic E-state index is -4.58. The van der Waals surface area contributed by atoms with Gasteiger partial charge in [-0.25, -0.2) is 0 Å². The number of hydrogen-bond acceptors (Lipinski definition) is 6. The summed E-state index contributed by atoms with van der Waals surface area (Å²) in [6.07, 6.45) is 77.2. The summed E-state index contributed by atoms with van der Waals surface area (Å²) < 4.78 is 23.5. The van der Waals surface area contributed by atoms with Crippen LogP contribution in [0.3, 0.4) is 0 Å². The maximum Gasteiger partial charge on any atom is 0.268 e. The lowest BCUT2D eigenvalue weighted by molar-refractivity contribution is -0.870. The molecule has 2 N–H and O–H groups in total. The van der Waals surface area contributed by atoms with Crippen LogP contribution in [-0.2, 0) is 18.4 Å². The first kappa shape index (κ1) is 77.2. The van der Waals surface area contributed by atoms with E-state index in [1.165, 1.54) is 308 Å². The van der Waals surface area contributed by atoms with Crippen molar-refractivity contribution in [3.8, 4) is 0 Å². The lowest BCUT2D eigenvalue weighted by Crippen LogP contribution is -2.46. The van der Waals surface area contributed by atoms with Crippen molar-refractivity contribution in [3.05, 3.63) is 12.2 Å². The second-order valence-corrected chi connectivity index (χ2v) is 27.0. The van der Waals surface area contributed by atoms with Crippen molar-refractivity contribution in [1.29, 1.82) is 0 Å². The molecule has 0 saturated heterocycles. The predicted molar refractivity (Wildman–Crippen MR) is 339 cm³/mol. The van der Waals surface area contributed by atoms with Crippen molar-refractivity contribution in [3.63, 3.8) is 0 Å². The molecule has 0 aromatic rings. The molecule has 0 aromatic heterocycles. The molecule has 0 heterocycles.